The van der Waals surface area contributed by atoms with Crippen LogP contribution in [-0.2, 0) is 9.53 Å². The maximum Gasteiger partial charge on any atom is 0.338 e. The molecule has 1 aliphatic rings. The normalized spacial score (nSPS) is 15.9. The highest BCUT2D eigenvalue weighted by atomic mass is 35.5. The maximum atomic E-state index is 13.5. The lowest BCUT2D eigenvalue weighted by atomic mass is 9.95. The molecule has 1 unspecified atom stereocenters. The highest BCUT2D eigenvalue weighted by Crippen LogP contribution is 2.35. The van der Waals surface area contributed by atoms with Crippen molar-refractivity contribution in [2.75, 3.05) is 13.7 Å². The van der Waals surface area contributed by atoms with E-state index in [0.717, 1.165) is 5.56 Å². The van der Waals surface area contributed by atoms with E-state index in [-0.39, 0.29) is 12.2 Å². The summed E-state index contributed by atoms with van der Waals surface area (Å²) in [4.78, 5) is 31.6. The standard InChI is InChI=1S/C24H21ClN2O4S/c1-4-31-23(29)20-14(2)26-24-27(21(20)17-7-5-6-8-18(17)30-3)22(28)19(32-24)13-15-9-11-16(25)12-10-15/h5-13,21H,4H2,1-3H3/b19-13-. The summed E-state index contributed by atoms with van der Waals surface area (Å²) in [6, 6.07) is 13.8. The summed E-state index contributed by atoms with van der Waals surface area (Å²) in [6.07, 6.45) is 1.79. The smallest absolute Gasteiger partial charge is 0.338 e. The van der Waals surface area contributed by atoms with Gasteiger partial charge in [-0.3, -0.25) is 9.36 Å². The highest BCUT2D eigenvalue weighted by Gasteiger charge is 2.34. The van der Waals surface area contributed by atoms with Crippen LogP contribution in [-0.4, -0.2) is 24.3 Å². The molecule has 0 spiro atoms. The first kappa shape index (κ1) is 22.0. The van der Waals surface area contributed by atoms with Crippen LogP contribution in [0.2, 0.25) is 5.02 Å². The van der Waals surface area contributed by atoms with E-state index >= 15 is 0 Å². The predicted octanol–water partition coefficient (Wildman–Crippen LogP) is 3.46. The minimum Gasteiger partial charge on any atom is -0.496 e. The van der Waals surface area contributed by atoms with Crippen molar-refractivity contribution in [3.8, 4) is 5.75 Å². The van der Waals surface area contributed by atoms with Crippen molar-refractivity contribution in [2.24, 2.45) is 4.99 Å². The van der Waals surface area contributed by atoms with Gasteiger partial charge >= 0.3 is 5.97 Å². The van der Waals surface area contributed by atoms with Gasteiger partial charge in [0.05, 0.1) is 29.5 Å². The average molecular weight is 469 g/mol. The van der Waals surface area contributed by atoms with Crippen LogP contribution in [0.1, 0.15) is 31.0 Å². The molecule has 1 aromatic heterocycles. The Balaban J connectivity index is 1.98. The molecule has 2 heterocycles. The quantitative estimate of drug-likeness (QED) is 0.538. The Kier molecular flexibility index (Phi) is 6.30. The molecule has 1 atom stereocenters. The average Bonchev–Trinajstić information content (AvgIpc) is 3.09. The number of hydrogen-bond donors (Lipinski definition) is 0. The third-order valence-electron chi connectivity index (χ3n) is 5.12. The number of nitrogens with zero attached hydrogens (tertiary/aromatic N) is 2. The van der Waals surface area contributed by atoms with Crippen LogP contribution >= 0.6 is 22.9 Å². The molecular weight excluding hydrogens is 448 g/mol. The minimum atomic E-state index is -0.714. The van der Waals surface area contributed by atoms with Gasteiger partial charge in [-0.25, -0.2) is 9.79 Å². The number of allylic oxidation sites excluding steroid dienone is 1. The zero-order chi connectivity index (χ0) is 22.8. The van der Waals surface area contributed by atoms with Gasteiger partial charge in [0.15, 0.2) is 4.80 Å². The monoisotopic (exact) mass is 468 g/mol. The predicted molar refractivity (Wildman–Crippen MR) is 125 cm³/mol. The van der Waals surface area contributed by atoms with Gasteiger partial charge in [-0.2, -0.15) is 0 Å². The Morgan fingerprint density at radius 1 is 1.22 bits per heavy atom. The zero-order valence-electron chi connectivity index (χ0n) is 17.8. The molecule has 4 rings (SSSR count). The van der Waals surface area contributed by atoms with E-state index in [4.69, 9.17) is 21.1 Å². The number of halogens is 1. The van der Waals surface area contributed by atoms with E-state index in [1.807, 2.05) is 30.3 Å². The summed E-state index contributed by atoms with van der Waals surface area (Å²) >= 11 is 7.25. The molecule has 2 aromatic carbocycles. The molecule has 0 radical (unpaired) electrons. The Morgan fingerprint density at radius 3 is 2.62 bits per heavy atom. The minimum absolute atomic E-state index is 0.218. The topological polar surface area (TPSA) is 69.9 Å². The fourth-order valence-corrected chi connectivity index (χ4v) is 4.86. The molecule has 0 fully saturated rings. The van der Waals surface area contributed by atoms with Gasteiger partial charge in [0, 0.05) is 10.6 Å². The fourth-order valence-electron chi connectivity index (χ4n) is 3.69. The molecule has 0 N–H and O–H groups in total. The van der Waals surface area contributed by atoms with Crippen LogP contribution in [0.3, 0.4) is 0 Å². The van der Waals surface area contributed by atoms with Gasteiger partial charge < -0.3 is 9.47 Å². The third kappa shape index (κ3) is 4.01. The number of thiazole rings is 1. The lowest BCUT2D eigenvalue weighted by Gasteiger charge is -2.25. The van der Waals surface area contributed by atoms with Crippen LogP contribution in [0.15, 0.2) is 69.6 Å². The molecule has 0 saturated heterocycles. The van der Waals surface area contributed by atoms with Gasteiger partial charge in [0.2, 0.25) is 0 Å². The van der Waals surface area contributed by atoms with E-state index < -0.39 is 12.0 Å². The molecule has 164 valence electrons. The largest absolute Gasteiger partial charge is 0.496 e. The lowest BCUT2D eigenvalue weighted by Crippen LogP contribution is -2.40. The number of rotatable bonds is 5. The number of esters is 1. The molecule has 1 aliphatic heterocycles. The number of benzene rings is 2. The van der Waals surface area contributed by atoms with E-state index in [2.05, 4.69) is 4.99 Å². The second-order valence-electron chi connectivity index (χ2n) is 7.10. The summed E-state index contributed by atoms with van der Waals surface area (Å²) in [7, 11) is 1.56. The Bertz CT molecular complexity index is 1390. The molecule has 0 amide bonds. The van der Waals surface area contributed by atoms with E-state index in [9.17, 15) is 9.59 Å². The molecule has 0 bridgehead atoms. The molecule has 32 heavy (non-hydrogen) atoms. The van der Waals surface area contributed by atoms with Crippen LogP contribution in [0, 0.1) is 0 Å². The summed E-state index contributed by atoms with van der Waals surface area (Å²) in [5.41, 5.74) is 2.12. The molecule has 6 nitrogen and oxygen atoms in total. The SMILES string of the molecule is CCOC(=O)C1=C(C)N=c2s/c(=C\c3ccc(Cl)cc3)c(=O)n2C1c1ccccc1OC. The number of aromatic nitrogens is 1. The highest BCUT2D eigenvalue weighted by molar-refractivity contribution is 7.07. The van der Waals surface area contributed by atoms with Crippen LogP contribution < -0.4 is 19.6 Å². The van der Waals surface area contributed by atoms with E-state index in [1.165, 1.54) is 11.3 Å². The van der Waals surface area contributed by atoms with Crippen molar-refractivity contribution in [2.45, 2.75) is 19.9 Å². The number of carbonyl (C=O) groups excluding carboxylic acids is 1. The summed E-state index contributed by atoms with van der Waals surface area (Å²) in [5, 5.41) is 0.620. The molecular formula is C24H21ClN2O4S. The van der Waals surface area contributed by atoms with Crippen LogP contribution in [0.4, 0.5) is 0 Å². The van der Waals surface area contributed by atoms with Gasteiger partial charge in [-0.05, 0) is 43.7 Å². The summed E-state index contributed by atoms with van der Waals surface area (Å²) in [5.74, 6) is 0.0675. The number of para-hydroxylation sites is 1. The van der Waals surface area contributed by atoms with E-state index in [0.29, 0.717) is 36.9 Å². The number of ether oxygens (including phenoxy) is 2. The molecule has 3 aromatic rings. The number of carbonyl (C=O) groups is 1. The van der Waals surface area contributed by atoms with Crippen molar-refractivity contribution < 1.29 is 14.3 Å². The van der Waals surface area contributed by atoms with Gasteiger partial charge in [-0.1, -0.05) is 53.3 Å². The molecule has 0 saturated carbocycles. The Hall–Kier alpha value is -3.16. The van der Waals surface area contributed by atoms with Crippen molar-refractivity contribution in [3.63, 3.8) is 0 Å². The van der Waals surface area contributed by atoms with Crippen molar-refractivity contribution in [1.29, 1.82) is 0 Å². The van der Waals surface area contributed by atoms with Crippen LogP contribution in [0.25, 0.3) is 6.08 Å². The van der Waals surface area contributed by atoms with Gasteiger partial charge in [0.25, 0.3) is 5.56 Å². The zero-order valence-corrected chi connectivity index (χ0v) is 19.4. The second-order valence-corrected chi connectivity index (χ2v) is 8.54. The summed E-state index contributed by atoms with van der Waals surface area (Å²) in [6.45, 7) is 3.72. The van der Waals surface area contributed by atoms with E-state index in [1.54, 1.807) is 49.8 Å². The Morgan fingerprint density at radius 2 is 1.94 bits per heavy atom. The summed E-state index contributed by atoms with van der Waals surface area (Å²) < 4.78 is 12.9. The third-order valence-corrected chi connectivity index (χ3v) is 6.35. The van der Waals surface area contributed by atoms with Crippen molar-refractivity contribution >= 4 is 35.0 Å². The first-order chi connectivity index (χ1) is 15.4. The second kappa shape index (κ2) is 9.14. The first-order valence-electron chi connectivity index (χ1n) is 10.0. The first-order valence-corrected chi connectivity index (χ1v) is 11.2. The van der Waals surface area contributed by atoms with Crippen molar-refractivity contribution in [1.82, 2.24) is 4.57 Å². The molecule has 8 heteroatoms. The van der Waals surface area contributed by atoms with Gasteiger partial charge in [-0.15, -0.1) is 0 Å². The fraction of sp³-hybridized carbons (Fsp3) is 0.208. The number of fused-ring (bicyclic) bond motifs is 1. The van der Waals surface area contributed by atoms with Crippen molar-refractivity contribution in [3.05, 3.63) is 95.6 Å². The number of hydrogen-bond acceptors (Lipinski definition) is 6. The Labute approximate surface area is 193 Å². The van der Waals surface area contributed by atoms with Gasteiger partial charge in [0.1, 0.15) is 11.8 Å². The maximum absolute atomic E-state index is 13.5. The lowest BCUT2D eigenvalue weighted by molar-refractivity contribution is -0.139. The molecule has 0 aliphatic carbocycles. The number of methoxy groups -OCH3 is 1. The van der Waals surface area contributed by atoms with Crippen LogP contribution in [0.5, 0.6) is 5.75 Å².